The summed E-state index contributed by atoms with van der Waals surface area (Å²) < 4.78 is 7.18. The lowest BCUT2D eigenvalue weighted by Gasteiger charge is -1.98. The van der Waals surface area contributed by atoms with Crippen molar-refractivity contribution in [3.8, 4) is 11.4 Å². The molecule has 5 heteroatoms. The molecule has 0 aliphatic rings. The summed E-state index contributed by atoms with van der Waals surface area (Å²) in [5.74, 6) is 1.03. The molecule has 18 heavy (non-hydrogen) atoms. The lowest BCUT2D eigenvalue weighted by molar-refractivity contribution is 0.362. The maximum Gasteiger partial charge on any atom is 0.243 e. The number of benzene rings is 1. The molecule has 1 atom stereocenters. The molecule has 2 N–H and O–H groups in total. The van der Waals surface area contributed by atoms with Gasteiger partial charge in [0.25, 0.3) is 0 Å². The molecule has 3 aromatic rings. The Morgan fingerprint density at radius 2 is 2.17 bits per heavy atom. The highest BCUT2D eigenvalue weighted by Crippen LogP contribution is 2.23. The van der Waals surface area contributed by atoms with Gasteiger partial charge in [0.2, 0.25) is 11.7 Å². The molecule has 2 heterocycles. The molecule has 0 spiro atoms. The first-order valence-electron chi connectivity index (χ1n) is 5.80. The topological polar surface area (TPSA) is 69.9 Å². The second-order valence-electron chi connectivity index (χ2n) is 4.45. The van der Waals surface area contributed by atoms with Gasteiger partial charge in [-0.1, -0.05) is 5.16 Å². The molecule has 0 saturated carbocycles. The summed E-state index contributed by atoms with van der Waals surface area (Å²) in [6, 6.07) is 7.90. The molecule has 0 saturated heterocycles. The first kappa shape index (κ1) is 11.0. The minimum absolute atomic E-state index is 0.244. The number of nitrogens with two attached hydrogens (primary N) is 1. The largest absolute Gasteiger partial charge is 0.351 e. The number of nitrogens with zero attached hydrogens (tertiary/aromatic N) is 3. The zero-order chi connectivity index (χ0) is 12.7. The maximum atomic E-state index is 5.70. The van der Waals surface area contributed by atoms with Crippen molar-refractivity contribution in [3.05, 3.63) is 36.4 Å². The number of hydrogen-bond donors (Lipinski definition) is 1. The van der Waals surface area contributed by atoms with Crippen molar-refractivity contribution >= 4 is 10.9 Å². The van der Waals surface area contributed by atoms with Gasteiger partial charge in [-0.3, -0.25) is 0 Å². The van der Waals surface area contributed by atoms with Crippen LogP contribution in [0.15, 0.2) is 35.0 Å². The van der Waals surface area contributed by atoms with E-state index in [1.807, 2.05) is 38.4 Å². The van der Waals surface area contributed by atoms with Crippen LogP contribution in [0, 0.1) is 0 Å². The molecule has 3 rings (SSSR count). The standard InChI is InChI=1S/C13H14N4O/c1-8(14)13-15-12(16-18-13)10-3-4-11-9(7-10)5-6-17(11)2/h3-8H,14H2,1-2H3. The van der Waals surface area contributed by atoms with Crippen molar-refractivity contribution in [2.24, 2.45) is 12.8 Å². The third-order valence-corrected chi connectivity index (χ3v) is 2.97. The summed E-state index contributed by atoms with van der Waals surface area (Å²) in [5, 5.41) is 5.10. The molecule has 2 aromatic heterocycles. The van der Waals surface area contributed by atoms with Crippen LogP contribution in [0.25, 0.3) is 22.3 Å². The number of aromatic nitrogens is 3. The Labute approximate surface area is 104 Å². The van der Waals surface area contributed by atoms with Crippen molar-refractivity contribution < 1.29 is 4.52 Å². The van der Waals surface area contributed by atoms with Crippen LogP contribution in [0.1, 0.15) is 18.9 Å². The average Bonchev–Trinajstić information content (AvgIpc) is 2.96. The van der Waals surface area contributed by atoms with E-state index in [-0.39, 0.29) is 6.04 Å². The molecule has 5 nitrogen and oxygen atoms in total. The van der Waals surface area contributed by atoms with Gasteiger partial charge in [-0.2, -0.15) is 4.98 Å². The molecular weight excluding hydrogens is 228 g/mol. The van der Waals surface area contributed by atoms with Crippen LogP contribution < -0.4 is 5.73 Å². The lowest BCUT2D eigenvalue weighted by atomic mass is 10.1. The van der Waals surface area contributed by atoms with Crippen molar-refractivity contribution in [2.75, 3.05) is 0 Å². The zero-order valence-electron chi connectivity index (χ0n) is 10.3. The predicted molar refractivity (Wildman–Crippen MR) is 68.8 cm³/mol. The highest BCUT2D eigenvalue weighted by Gasteiger charge is 2.12. The molecule has 0 aliphatic carbocycles. The minimum atomic E-state index is -0.244. The van der Waals surface area contributed by atoms with Crippen LogP contribution in [0.5, 0.6) is 0 Å². The van der Waals surface area contributed by atoms with Gasteiger partial charge in [0.05, 0.1) is 6.04 Å². The Kier molecular flexibility index (Phi) is 2.41. The van der Waals surface area contributed by atoms with E-state index in [0.717, 1.165) is 10.9 Å². The summed E-state index contributed by atoms with van der Waals surface area (Å²) in [6.07, 6.45) is 2.03. The van der Waals surface area contributed by atoms with Gasteiger partial charge in [0.15, 0.2) is 0 Å². The fourth-order valence-corrected chi connectivity index (χ4v) is 1.96. The Hall–Kier alpha value is -2.14. The van der Waals surface area contributed by atoms with Gasteiger partial charge < -0.3 is 14.8 Å². The maximum absolute atomic E-state index is 5.70. The Morgan fingerprint density at radius 1 is 1.33 bits per heavy atom. The van der Waals surface area contributed by atoms with Gasteiger partial charge >= 0.3 is 0 Å². The average molecular weight is 242 g/mol. The van der Waals surface area contributed by atoms with E-state index in [4.69, 9.17) is 10.3 Å². The first-order chi connectivity index (χ1) is 8.65. The monoisotopic (exact) mass is 242 g/mol. The number of hydrogen-bond acceptors (Lipinski definition) is 4. The highest BCUT2D eigenvalue weighted by molar-refractivity contribution is 5.84. The van der Waals surface area contributed by atoms with Gasteiger partial charge in [0.1, 0.15) is 0 Å². The van der Waals surface area contributed by atoms with Crippen molar-refractivity contribution in [3.63, 3.8) is 0 Å². The highest BCUT2D eigenvalue weighted by atomic mass is 16.5. The molecular formula is C13H14N4O. The number of rotatable bonds is 2. The van der Waals surface area contributed by atoms with Gasteiger partial charge in [0, 0.05) is 29.7 Å². The molecule has 1 aromatic carbocycles. The SMILES string of the molecule is CC(N)c1nc(-c2ccc3c(ccn3C)c2)no1. The first-order valence-corrected chi connectivity index (χ1v) is 5.80. The van der Waals surface area contributed by atoms with Gasteiger partial charge in [-0.25, -0.2) is 0 Å². The summed E-state index contributed by atoms with van der Waals surface area (Å²) in [7, 11) is 2.02. The lowest BCUT2D eigenvalue weighted by Crippen LogP contribution is -2.04. The normalized spacial score (nSPS) is 13.1. The summed E-state index contributed by atoms with van der Waals surface area (Å²) >= 11 is 0. The third kappa shape index (κ3) is 1.69. The van der Waals surface area contributed by atoms with Crippen LogP contribution in [-0.4, -0.2) is 14.7 Å². The predicted octanol–water partition coefficient (Wildman–Crippen LogP) is 2.25. The van der Waals surface area contributed by atoms with E-state index in [1.165, 1.54) is 5.52 Å². The molecule has 0 bridgehead atoms. The second-order valence-corrected chi connectivity index (χ2v) is 4.45. The molecule has 0 radical (unpaired) electrons. The minimum Gasteiger partial charge on any atom is -0.351 e. The number of aryl methyl sites for hydroxylation is 1. The van der Waals surface area contributed by atoms with Gasteiger partial charge in [-0.05, 0) is 31.2 Å². The molecule has 0 amide bonds. The number of fused-ring (bicyclic) bond motifs is 1. The second kappa shape index (κ2) is 3.96. The van der Waals surface area contributed by atoms with E-state index < -0.39 is 0 Å². The fourth-order valence-electron chi connectivity index (χ4n) is 1.96. The van der Waals surface area contributed by atoms with Crippen LogP contribution in [0.3, 0.4) is 0 Å². The third-order valence-electron chi connectivity index (χ3n) is 2.97. The van der Waals surface area contributed by atoms with E-state index in [2.05, 4.69) is 20.8 Å². The van der Waals surface area contributed by atoms with Crippen molar-refractivity contribution in [1.29, 1.82) is 0 Å². The van der Waals surface area contributed by atoms with E-state index in [0.29, 0.717) is 11.7 Å². The quantitative estimate of drug-likeness (QED) is 0.748. The van der Waals surface area contributed by atoms with Crippen LogP contribution >= 0.6 is 0 Å². The summed E-state index contributed by atoms with van der Waals surface area (Å²) in [6.45, 7) is 1.82. The molecule has 1 unspecified atom stereocenters. The van der Waals surface area contributed by atoms with Gasteiger partial charge in [-0.15, -0.1) is 0 Å². The van der Waals surface area contributed by atoms with Crippen molar-refractivity contribution in [1.82, 2.24) is 14.7 Å². The summed E-state index contributed by atoms with van der Waals surface area (Å²) in [4.78, 5) is 4.28. The summed E-state index contributed by atoms with van der Waals surface area (Å²) in [5.41, 5.74) is 7.81. The fraction of sp³-hybridized carbons (Fsp3) is 0.231. The molecule has 92 valence electrons. The Morgan fingerprint density at radius 3 is 2.89 bits per heavy atom. The smallest absolute Gasteiger partial charge is 0.243 e. The van der Waals surface area contributed by atoms with E-state index in [9.17, 15) is 0 Å². The Balaban J connectivity index is 2.07. The van der Waals surface area contributed by atoms with Crippen LogP contribution in [0.4, 0.5) is 0 Å². The zero-order valence-corrected chi connectivity index (χ0v) is 10.3. The molecule has 0 aliphatic heterocycles. The van der Waals surface area contributed by atoms with E-state index in [1.54, 1.807) is 0 Å². The molecule has 0 fully saturated rings. The van der Waals surface area contributed by atoms with E-state index >= 15 is 0 Å². The van der Waals surface area contributed by atoms with Crippen LogP contribution in [0.2, 0.25) is 0 Å². The van der Waals surface area contributed by atoms with Crippen molar-refractivity contribution in [2.45, 2.75) is 13.0 Å². The Bertz CT molecular complexity index is 696. The van der Waals surface area contributed by atoms with Crippen LogP contribution in [-0.2, 0) is 7.05 Å².